The lowest BCUT2D eigenvalue weighted by molar-refractivity contribution is -0.119. The molecule has 120 valence electrons. The van der Waals surface area contributed by atoms with Gasteiger partial charge in [0, 0.05) is 19.3 Å². The van der Waals surface area contributed by atoms with E-state index >= 15 is 0 Å². The van der Waals surface area contributed by atoms with Crippen LogP contribution < -0.4 is 16.0 Å². The van der Waals surface area contributed by atoms with Crippen LogP contribution in [0.25, 0.3) is 0 Å². The van der Waals surface area contributed by atoms with Crippen molar-refractivity contribution >= 4 is 17.6 Å². The minimum absolute atomic E-state index is 0.0376. The minimum atomic E-state index is -0.236. The Kier molecular flexibility index (Phi) is 6.17. The second-order valence-corrected chi connectivity index (χ2v) is 5.16. The molecule has 23 heavy (non-hydrogen) atoms. The second kappa shape index (κ2) is 8.58. The highest BCUT2D eigenvalue weighted by Crippen LogP contribution is 2.10. The predicted molar refractivity (Wildman–Crippen MR) is 91.4 cm³/mol. The molecule has 0 aromatic heterocycles. The van der Waals surface area contributed by atoms with Gasteiger partial charge in [-0.15, -0.1) is 0 Å². The summed E-state index contributed by atoms with van der Waals surface area (Å²) >= 11 is 0. The number of urea groups is 1. The molecule has 0 saturated carbocycles. The lowest BCUT2D eigenvalue weighted by Crippen LogP contribution is -2.30. The SMILES string of the molecule is CNC(=O)Cc1ccc(NC(=O)NCCc2ccccc2)cc1. The molecule has 0 atom stereocenters. The molecule has 2 rings (SSSR count). The Morgan fingerprint density at radius 1 is 0.913 bits per heavy atom. The van der Waals surface area contributed by atoms with Crippen molar-refractivity contribution in [1.29, 1.82) is 0 Å². The fraction of sp³-hybridized carbons (Fsp3) is 0.222. The molecule has 2 aromatic rings. The Labute approximate surface area is 136 Å². The molecule has 0 spiro atoms. The first-order chi connectivity index (χ1) is 11.2. The van der Waals surface area contributed by atoms with Crippen LogP contribution in [-0.2, 0) is 17.6 Å². The molecule has 0 saturated heterocycles. The van der Waals surface area contributed by atoms with Crippen LogP contribution in [0, 0.1) is 0 Å². The fourth-order valence-electron chi connectivity index (χ4n) is 2.12. The maximum Gasteiger partial charge on any atom is 0.319 e. The van der Waals surface area contributed by atoms with Gasteiger partial charge in [-0.2, -0.15) is 0 Å². The molecule has 5 nitrogen and oxygen atoms in total. The van der Waals surface area contributed by atoms with Crippen molar-refractivity contribution in [3.63, 3.8) is 0 Å². The van der Waals surface area contributed by atoms with Crippen molar-refractivity contribution in [3.05, 3.63) is 65.7 Å². The Bertz CT molecular complexity index is 639. The molecule has 3 N–H and O–H groups in total. The van der Waals surface area contributed by atoms with E-state index in [1.54, 1.807) is 19.2 Å². The zero-order chi connectivity index (χ0) is 16.5. The summed E-state index contributed by atoms with van der Waals surface area (Å²) in [5.74, 6) is -0.0376. The molecule has 0 heterocycles. The summed E-state index contributed by atoms with van der Waals surface area (Å²) in [4.78, 5) is 23.1. The largest absolute Gasteiger partial charge is 0.359 e. The topological polar surface area (TPSA) is 70.2 Å². The van der Waals surface area contributed by atoms with Crippen molar-refractivity contribution < 1.29 is 9.59 Å². The van der Waals surface area contributed by atoms with Crippen LogP contribution in [0.4, 0.5) is 10.5 Å². The van der Waals surface area contributed by atoms with Crippen LogP contribution in [-0.4, -0.2) is 25.5 Å². The molecule has 0 unspecified atom stereocenters. The standard InChI is InChI=1S/C18H21N3O2/c1-19-17(22)13-15-7-9-16(10-8-15)21-18(23)20-12-11-14-5-3-2-4-6-14/h2-10H,11-13H2,1H3,(H,19,22)(H2,20,21,23). The highest BCUT2D eigenvalue weighted by atomic mass is 16.2. The smallest absolute Gasteiger partial charge is 0.319 e. The Balaban J connectivity index is 1.75. The second-order valence-electron chi connectivity index (χ2n) is 5.16. The molecule has 0 radical (unpaired) electrons. The van der Waals surface area contributed by atoms with E-state index < -0.39 is 0 Å². The van der Waals surface area contributed by atoms with E-state index in [1.807, 2.05) is 42.5 Å². The predicted octanol–water partition coefficient (Wildman–Crippen LogP) is 2.34. The van der Waals surface area contributed by atoms with Crippen molar-refractivity contribution in [1.82, 2.24) is 10.6 Å². The molecule has 0 bridgehead atoms. The Morgan fingerprint density at radius 3 is 2.26 bits per heavy atom. The number of benzene rings is 2. The van der Waals surface area contributed by atoms with E-state index in [1.165, 1.54) is 5.56 Å². The van der Waals surface area contributed by atoms with Crippen LogP contribution in [0.1, 0.15) is 11.1 Å². The Morgan fingerprint density at radius 2 is 1.61 bits per heavy atom. The summed E-state index contributed by atoms with van der Waals surface area (Å²) in [6.45, 7) is 0.574. The van der Waals surface area contributed by atoms with Gasteiger partial charge >= 0.3 is 6.03 Å². The van der Waals surface area contributed by atoms with Gasteiger partial charge in [0.05, 0.1) is 6.42 Å². The quantitative estimate of drug-likeness (QED) is 0.766. The zero-order valence-corrected chi connectivity index (χ0v) is 13.1. The third-order valence-electron chi connectivity index (χ3n) is 3.40. The van der Waals surface area contributed by atoms with E-state index in [4.69, 9.17) is 0 Å². The number of rotatable bonds is 6. The fourth-order valence-corrected chi connectivity index (χ4v) is 2.12. The summed E-state index contributed by atoms with van der Waals surface area (Å²) in [5, 5.41) is 8.17. The molecule has 0 aliphatic heterocycles. The maximum absolute atomic E-state index is 11.8. The summed E-state index contributed by atoms with van der Waals surface area (Å²) < 4.78 is 0. The van der Waals surface area contributed by atoms with Crippen LogP contribution >= 0.6 is 0 Å². The summed E-state index contributed by atoms with van der Waals surface area (Å²) in [5.41, 5.74) is 2.79. The molecule has 0 aliphatic carbocycles. The lowest BCUT2D eigenvalue weighted by Gasteiger charge is -2.08. The van der Waals surface area contributed by atoms with E-state index in [0.717, 1.165) is 12.0 Å². The lowest BCUT2D eigenvalue weighted by atomic mass is 10.1. The van der Waals surface area contributed by atoms with Gasteiger partial charge in [-0.25, -0.2) is 4.79 Å². The van der Waals surface area contributed by atoms with Gasteiger partial charge in [-0.1, -0.05) is 42.5 Å². The third-order valence-corrected chi connectivity index (χ3v) is 3.40. The number of amides is 3. The number of carbonyl (C=O) groups is 2. The van der Waals surface area contributed by atoms with Gasteiger partial charge in [0.15, 0.2) is 0 Å². The van der Waals surface area contributed by atoms with E-state index in [-0.39, 0.29) is 11.9 Å². The number of carbonyl (C=O) groups excluding carboxylic acids is 2. The van der Waals surface area contributed by atoms with Crippen LogP contribution in [0.3, 0.4) is 0 Å². The monoisotopic (exact) mass is 311 g/mol. The van der Waals surface area contributed by atoms with Crippen LogP contribution in [0.15, 0.2) is 54.6 Å². The number of likely N-dealkylation sites (N-methyl/N-ethyl adjacent to an activating group) is 1. The number of hydrogen-bond donors (Lipinski definition) is 3. The molecular formula is C18H21N3O2. The molecule has 3 amide bonds. The van der Waals surface area contributed by atoms with E-state index in [0.29, 0.717) is 18.7 Å². The van der Waals surface area contributed by atoms with E-state index in [2.05, 4.69) is 16.0 Å². The van der Waals surface area contributed by atoms with Gasteiger partial charge in [-0.3, -0.25) is 4.79 Å². The number of nitrogens with one attached hydrogen (secondary N) is 3. The minimum Gasteiger partial charge on any atom is -0.359 e. The molecule has 0 fully saturated rings. The van der Waals surface area contributed by atoms with E-state index in [9.17, 15) is 9.59 Å². The molecule has 0 aliphatic rings. The summed E-state index contributed by atoms with van der Waals surface area (Å²) in [7, 11) is 1.61. The maximum atomic E-state index is 11.8. The molecular weight excluding hydrogens is 290 g/mol. The summed E-state index contributed by atoms with van der Waals surface area (Å²) in [6.07, 6.45) is 1.12. The van der Waals surface area contributed by atoms with Crippen molar-refractivity contribution in [2.24, 2.45) is 0 Å². The van der Waals surface area contributed by atoms with Gasteiger partial charge in [0.2, 0.25) is 5.91 Å². The highest BCUT2D eigenvalue weighted by Gasteiger charge is 2.03. The normalized spacial score (nSPS) is 9.96. The number of hydrogen-bond acceptors (Lipinski definition) is 2. The van der Waals surface area contributed by atoms with Gasteiger partial charge in [0.25, 0.3) is 0 Å². The highest BCUT2D eigenvalue weighted by molar-refractivity contribution is 5.89. The molecule has 5 heteroatoms. The van der Waals surface area contributed by atoms with Crippen molar-refractivity contribution in [2.75, 3.05) is 18.9 Å². The van der Waals surface area contributed by atoms with Crippen molar-refractivity contribution in [3.8, 4) is 0 Å². The van der Waals surface area contributed by atoms with Crippen LogP contribution in [0.5, 0.6) is 0 Å². The van der Waals surface area contributed by atoms with Gasteiger partial charge in [-0.05, 0) is 29.7 Å². The first-order valence-electron chi connectivity index (χ1n) is 7.55. The van der Waals surface area contributed by atoms with Gasteiger partial charge in [0.1, 0.15) is 0 Å². The van der Waals surface area contributed by atoms with Gasteiger partial charge < -0.3 is 16.0 Å². The molecule has 2 aromatic carbocycles. The number of anilines is 1. The van der Waals surface area contributed by atoms with Crippen LogP contribution in [0.2, 0.25) is 0 Å². The first kappa shape index (κ1) is 16.5. The Hall–Kier alpha value is -2.82. The average Bonchev–Trinajstić information content (AvgIpc) is 2.57. The zero-order valence-electron chi connectivity index (χ0n) is 13.1. The third kappa shape index (κ3) is 5.82. The average molecular weight is 311 g/mol. The first-order valence-corrected chi connectivity index (χ1v) is 7.55. The van der Waals surface area contributed by atoms with Crippen molar-refractivity contribution in [2.45, 2.75) is 12.8 Å². The summed E-state index contributed by atoms with van der Waals surface area (Å²) in [6, 6.07) is 17.0.